The second-order valence-corrected chi connectivity index (χ2v) is 7.43. The van der Waals surface area contributed by atoms with Crippen LogP contribution in [0.2, 0.25) is 0 Å². The van der Waals surface area contributed by atoms with Crippen LogP contribution in [-0.2, 0) is 0 Å². The molecule has 0 aromatic heterocycles. The highest BCUT2D eigenvalue weighted by Crippen LogP contribution is 2.39. The van der Waals surface area contributed by atoms with Gasteiger partial charge in [0, 0.05) is 18.1 Å². The number of rotatable bonds is 3. The fourth-order valence-electron chi connectivity index (χ4n) is 3.69. The summed E-state index contributed by atoms with van der Waals surface area (Å²) in [5.41, 5.74) is 0.426. The quantitative estimate of drug-likeness (QED) is 0.807. The van der Waals surface area contributed by atoms with Crippen LogP contribution in [0.4, 0.5) is 0 Å². The first-order valence-electron chi connectivity index (χ1n) is 7.44. The molecule has 2 aliphatic rings. The highest BCUT2D eigenvalue weighted by Gasteiger charge is 2.42. The molecule has 2 fully saturated rings. The zero-order valence-corrected chi connectivity index (χ0v) is 12.5. The largest absolute Gasteiger partial charge is 0.394 e. The smallest absolute Gasteiger partial charge is 0.0613 e. The van der Waals surface area contributed by atoms with Crippen LogP contribution in [0.3, 0.4) is 0 Å². The maximum Gasteiger partial charge on any atom is 0.0613 e. The fourth-order valence-corrected chi connectivity index (χ4v) is 3.69. The molecule has 0 aromatic rings. The van der Waals surface area contributed by atoms with Crippen LogP contribution in [0.25, 0.3) is 0 Å². The monoisotopic (exact) mass is 254 g/mol. The lowest BCUT2D eigenvalue weighted by molar-refractivity contribution is 0.151. The summed E-state index contributed by atoms with van der Waals surface area (Å²) in [5, 5.41) is 12.9. The Bertz CT molecular complexity index is 281. The molecular formula is C15H30N2O. The molecule has 1 saturated carbocycles. The topological polar surface area (TPSA) is 35.5 Å². The van der Waals surface area contributed by atoms with Crippen LogP contribution >= 0.6 is 0 Å². The molecule has 0 bridgehead atoms. The van der Waals surface area contributed by atoms with Crippen molar-refractivity contribution in [3.63, 3.8) is 0 Å². The predicted molar refractivity (Wildman–Crippen MR) is 75.7 cm³/mol. The molecular weight excluding hydrogens is 224 g/mol. The third-order valence-corrected chi connectivity index (χ3v) is 5.38. The summed E-state index contributed by atoms with van der Waals surface area (Å²) < 4.78 is 0. The van der Waals surface area contributed by atoms with Gasteiger partial charge >= 0.3 is 0 Å². The van der Waals surface area contributed by atoms with Crippen molar-refractivity contribution in [3.05, 3.63) is 0 Å². The summed E-state index contributed by atoms with van der Waals surface area (Å²) in [4.78, 5) is 2.67. The number of hydrogen-bond acceptors (Lipinski definition) is 3. The van der Waals surface area contributed by atoms with Gasteiger partial charge in [-0.25, -0.2) is 0 Å². The second-order valence-electron chi connectivity index (χ2n) is 7.43. The molecule has 3 nitrogen and oxygen atoms in total. The first-order chi connectivity index (χ1) is 8.40. The molecule has 3 atom stereocenters. The van der Waals surface area contributed by atoms with E-state index in [1.165, 1.54) is 25.9 Å². The highest BCUT2D eigenvalue weighted by molar-refractivity contribution is 5.00. The molecule has 1 aliphatic carbocycles. The van der Waals surface area contributed by atoms with E-state index >= 15 is 0 Å². The van der Waals surface area contributed by atoms with Gasteiger partial charge in [-0.15, -0.1) is 0 Å². The van der Waals surface area contributed by atoms with E-state index in [4.69, 9.17) is 0 Å². The molecule has 1 aliphatic heterocycles. The molecule has 0 spiro atoms. The Morgan fingerprint density at radius 2 is 2.06 bits per heavy atom. The van der Waals surface area contributed by atoms with Gasteiger partial charge in [0.2, 0.25) is 0 Å². The Kier molecular flexibility index (Phi) is 4.05. The third kappa shape index (κ3) is 2.73. The van der Waals surface area contributed by atoms with E-state index in [0.29, 0.717) is 11.5 Å². The van der Waals surface area contributed by atoms with Crippen molar-refractivity contribution < 1.29 is 5.11 Å². The van der Waals surface area contributed by atoms with E-state index in [-0.39, 0.29) is 12.1 Å². The molecule has 2 rings (SSSR count). The summed E-state index contributed by atoms with van der Waals surface area (Å²) in [6.07, 6.45) is 4.79. The van der Waals surface area contributed by atoms with Gasteiger partial charge in [-0.2, -0.15) is 0 Å². The Balaban J connectivity index is 1.92. The molecule has 1 saturated heterocycles. The average molecular weight is 254 g/mol. The highest BCUT2D eigenvalue weighted by atomic mass is 16.3. The van der Waals surface area contributed by atoms with E-state index in [1.54, 1.807) is 0 Å². The Hall–Kier alpha value is -0.120. The lowest BCUT2D eigenvalue weighted by atomic mass is 9.80. The maximum absolute atomic E-state index is 9.58. The number of aliphatic hydroxyl groups is 1. The number of hydrogen-bond donors (Lipinski definition) is 2. The van der Waals surface area contributed by atoms with Crippen LogP contribution in [0.5, 0.6) is 0 Å². The third-order valence-electron chi connectivity index (χ3n) is 5.38. The number of likely N-dealkylation sites (tertiary alicyclic amines) is 1. The summed E-state index contributed by atoms with van der Waals surface area (Å²) in [5.74, 6) is 0.830. The summed E-state index contributed by atoms with van der Waals surface area (Å²) in [7, 11) is 1.99. The van der Waals surface area contributed by atoms with Gasteiger partial charge in [0.15, 0.2) is 0 Å². The molecule has 0 radical (unpaired) electrons. The Morgan fingerprint density at radius 3 is 2.50 bits per heavy atom. The average Bonchev–Trinajstić information content (AvgIpc) is 2.95. The van der Waals surface area contributed by atoms with Crippen molar-refractivity contribution in [1.29, 1.82) is 0 Å². The van der Waals surface area contributed by atoms with Crippen molar-refractivity contribution in [1.82, 2.24) is 10.2 Å². The number of likely N-dealkylation sites (N-methyl/N-ethyl adjacent to an activating group) is 1. The number of nitrogens with one attached hydrogen (secondary N) is 1. The van der Waals surface area contributed by atoms with Crippen molar-refractivity contribution in [2.45, 2.75) is 58.0 Å². The second kappa shape index (κ2) is 5.10. The van der Waals surface area contributed by atoms with Gasteiger partial charge in [-0.3, -0.25) is 0 Å². The van der Waals surface area contributed by atoms with Gasteiger partial charge in [0.05, 0.1) is 6.61 Å². The minimum Gasteiger partial charge on any atom is -0.394 e. The first kappa shape index (κ1) is 14.3. The lowest BCUT2D eigenvalue weighted by Gasteiger charge is -2.31. The van der Waals surface area contributed by atoms with E-state index < -0.39 is 0 Å². The van der Waals surface area contributed by atoms with Crippen LogP contribution in [0.15, 0.2) is 0 Å². The van der Waals surface area contributed by atoms with E-state index in [1.807, 2.05) is 7.05 Å². The van der Waals surface area contributed by atoms with E-state index in [9.17, 15) is 5.11 Å². The Morgan fingerprint density at radius 1 is 1.33 bits per heavy atom. The zero-order valence-electron chi connectivity index (χ0n) is 12.5. The summed E-state index contributed by atoms with van der Waals surface area (Å²) in [6.45, 7) is 9.86. The van der Waals surface area contributed by atoms with Crippen LogP contribution in [0.1, 0.15) is 46.5 Å². The van der Waals surface area contributed by atoms with Crippen molar-refractivity contribution >= 4 is 0 Å². The molecule has 0 aromatic carbocycles. The Labute approximate surface area is 112 Å². The predicted octanol–water partition coefficient (Wildman–Crippen LogP) is 1.86. The maximum atomic E-state index is 9.58. The van der Waals surface area contributed by atoms with Crippen molar-refractivity contribution in [3.8, 4) is 0 Å². The van der Waals surface area contributed by atoms with Crippen LogP contribution < -0.4 is 5.32 Å². The van der Waals surface area contributed by atoms with Crippen molar-refractivity contribution in [2.24, 2.45) is 11.3 Å². The fraction of sp³-hybridized carbons (Fsp3) is 1.00. The minimum absolute atomic E-state index is 0.00944. The SMILES string of the molecule is CNC1(CO)CCC(N2CCC(C(C)(C)C)C2)C1. The number of nitrogens with zero attached hydrogens (tertiary/aromatic N) is 1. The van der Waals surface area contributed by atoms with Crippen LogP contribution in [-0.4, -0.2) is 48.3 Å². The zero-order chi connectivity index (χ0) is 13.4. The van der Waals surface area contributed by atoms with Gasteiger partial charge in [-0.05, 0) is 50.6 Å². The number of aliphatic hydroxyl groups excluding tert-OH is 1. The molecule has 3 heteroatoms. The molecule has 18 heavy (non-hydrogen) atoms. The van der Waals surface area contributed by atoms with Gasteiger partial charge in [0.1, 0.15) is 0 Å². The molecule has 2 N–H and O–H groups in total. The van der Waals surface area contributed by atoms with Gasteiger partial charge in [-0.1, -0.05) is 20.8 Å². The normalized spacial score (nSPS) is 38.5. The van der Waals surface area contributed by atoms with Gasteiger partial charge < -0.3 is 15.3 Å². The van der Waals surface area contributed by atoms with Crippen molar-refractivity contribution in [2.75, 3.05) is 26.7 Å². The molecule has 0 amide bonds. The first-order valence-corrected chi connectivity index (χ1v) is 7.44. The van der Waals surface area contributed by atoms with Gasteiger partial charge in [0.25, 0.3) is 0 Å². The standard InChI is InChI=1S/C15H30N2O/c1-14(2,3)12-6-8-17(10-12)13-5-7-15(9-13,11-18)16-4/h12-13,16,18H,5-11H2,1-4H3. The lowest BCUT2D eigenvalue weighted by Crippen LogP contribution is -2.46. The molecule has 106 valence electrons. The van der Waals surface area contributed by atoms with E-state index in [0.717, 1.165) is 18.8 Å². The summed E-state index contributed by atoms with van der Waals surface area (Å²) >= 11 is 0. The van der Waals surface area contributed by atoms with E-state index in [2.05, 4.69) is 31.0 Å². The molecule has 3 unspecified atom stereocenters. The van der Waals surface area contributed by atoms with Crippen LogP contribution in [0, 0.1) is 11.3 Å². The minimum atomic E-state index is -0.00944. The summed E-state index contributed by atoms with van der Waals surface area (Å²) in [6, 6.07) is 0.678. The molecule has 1 heterocycles.